The first-order valence-corrected chi connectivity index (χ1v) is 11.8. The predicted octanol–water partition coefficient (Wildman–Crippen LogP) is 1.60. The van der Waals surface area contributed by atoms with Crippen LogP contribution in [0.3, 0.4) is 0 Å². The van der Waals surface area contributed by atoms with Gasteiger partial charge < -0.3 is 14.2 Å². The van der Waals surface area contributed by atoms with E-state index in [4.69, 9.17) is 8.85 Å². The van der Waals surface area contributed by atoms with Crippen LogP contribution in [0, 0.1) is 0 Å². The smallest absolute Gasteiger partial charge is 0.408 e. The van der Waals surface area contributed by atoms with Crippen LogP contribution in [-0.4, -0.2) is 41.7 Å². The maximum Gasteiger partial charge on any atom is 0.408 e. The zero-order valence-corrected chi connectivity index (χ0v) is 13.0. The monoisotopic (exact) mass is 276 g/mol. The molecule has 0 aromatic heterocycles. The fourth-order valence-corrected chi connectivity index (χ4v) is 8.63. The molecule has 0 atom stereocenters. The van der Waals surface area contributed by atoms with Crippen molar-refractivity contribution in [1.82, 2.24) is 5.32 Å². The Labute approximate surface area is 104 Å². The van der Waals surface area contributed by atoms with Gasteiger partial charge in [-0.1, -0.05) is 0 Å². The van der Waals surface area contributed by atoms with Gasteiger partial charge >= 0.3 is 6.09 Å². The Morgan fingerprint density at radius 2 is 1.88 bits per heavy atom. The van der Waals surface area contributed by atoms with Gasteiger partial charge in [-0.2, -0.15) is 4.99 Å². The molecule has 0 fully saturated rings. The molecular weight excluding hydrogens is 256 g/mol. The van der Waals surface area contributed by atoms with Crippen LogP contribution in [0.4, 0.5) is 4.79 Å². The molecule has 0 heterocycles. The Hall–Kier alpha value is -0.956. The summed E-state index contributed by atoms with van der Waals surface area (Å²) in [5.41, 5.74) is 0. The summed E-state index contributed by atoms with van der Waals surface area (Å²) in [7, 11) is -3.59. The number of nitrogens with zero attached hydrogens (tertiary/aromatic N) is 1. The molecular formula is C9H20N2O4Si2. The van der Waals surface area contributed by atoms with E-state index in [1.807, 2.05) is 13.1 Å². The lowest BCUT2D eigenvalue weighted by molar-refractivity contribution is 0.159. The maximum absolute atomic E-state index is 11.2. The summed E-state index contributed by atoms with van der Waals surface area (Å²) in [6.07, 6.45) is 1.01. The maximum atomic E-state index is 11.2. The number of carbonyl (C=O) groups excluding carboxylic acids is 2. The summed E-state index contributed by atoms with van der Waals surface area (Å²) in [5.74, 6) is 0. The summed E-state index contributed by atoms with van der Waals surface area (Å²) in [4.78, 5) is 24.1. The van der Waals surface area contributed by atoms with Gasteiger partial charge in [0.25, 0.3) is 0 Å². The van der Waals surface area contributed by atoms with Gasteiger partial charge in [0.15, 0.2) is 8.32 Å². The molecule has 17 heavy (non-hydrogen) atoms. The third-order valence-corrected chi connectivity index (χ3v) is 7.00. The normalized spacial score (nSPS) is 11.6. The summed E-state index contributed by atoms with van der Waals surface area (Å²) in [6, 6.07) is 0. The highest BCUT2D eigenvalue weighted by molar-refractivity contribution is 6.84. The first-order chi connectivity index (χ1) is 7.66. The molecule has 0 aromatic carbocycles. The fourth-order valence-electron chi connectivity index (χ4n) is 1.29. The van der Waals surface area contributed by atoms with E-state index in [9.17, 15) is 9.59 Å². The summed E-state index contributed by atoms with van der Waals surface area (Å²) >= 11 is 0. The molecule has 0 radical (unpaired) electrons. The van der Waals surface area contributed by atoms with Crippen LogP contribution in [0.25, 0.3) is 0 Å². The number of aliphatic imine (C=N–C) groups is 1. The molecule has 0 aliphatic carbocycles. The topological polar surface area (TPSA) is 77.0 Å². The number of hydrogen-bond acceptors (Lipinski definition) is 5. The third-order valence-electron chi connectivity index (χ3n) is 1.50. The molecule has 0 aliphatic heterocycles. The van der Waals surface area contributed by atoms with Gasteiger partial charge in [-0.25, -0.2) is 9.59 Å². The van der Waals surface area contributed by atoms with Crippen molar-refractivity contribution in [2.45, 2.75) is 32.7 Å². The Bertz CT molecular complexity index is 309. The average molecular weight is 276 g/mol. The van der Waals surface area contributed by atoms with E-state index in [0.29, 0.717) is 0 Å². The molecule has 0 rings (SSSR count). The van der Waals surface area contributed by atoms with Crippen molar-refractivity contribution in [1.29, 1.82) is 0 Å². The van der Waals surface area contributed by atoms with E-state index in [-0.39, 0.29) is 12.9 Å². The summed E-state index contributed by atoms with van der Waals surface area (Å²) < 4.78 is 11.0. The second-order valence-corrected chi connectivity index (χ2v) is 14.0. The number of isocyanates is 1. The second kappa shape index (κ2) is 6.70. The van der Waals surface area contributed by atoms with Crippen molar-refractivity contribution in [3.63, 3.8) is 0 Å². The number of ether oxygens (including phenoxy) is 1. The van der Waals surface area contributed by atoms with E-state index < -0.39 is 22.7 Å². The van der Waals surface area contributed by atoms with Gasteiger partial charge in [0.2, 0.25) is 14.4 Å². The van der Waals surface area contributed by atoms with Crippen molar-refractivity contribution in [2.24, 2.45) is 4.99 Å². The lowest BCUT2D eigenvalue weighted by Crippen LogP contribution is -2.47. The Morgan fingerprint density at radius 1 is 1.29 bits per heavy atom. The number of alkyl carbamates (subject to hydrolysis) is 1. The Morgan fingerprint density at radius 3 is 2.35 bits per heavy atom. The van der Waals surface area contributed by atoms with Crippen LogP contribution < -0.4 is 5.32 Å². The first-order valence-electron chi connectivity index (χ1n) is 5.31. The van der Waals surface area contributed by atoms with Crippen LogP contribution in [-0.2, 0) is 13.6 Å². The van der Waals surface area contributed by atoms with Crippen LogP contribution in [0.2, 0.25) is 32.7 Å². The van der Waals surface area contributed by atoms with Crippen LogP contribution in [0.1, 0.15) is 0 Å². The number of amides is 1. The van der Waals surface area contributed by atoms with Crippen LogP contribution >= 0.6 is 0 Å². The van der Waals surface area contributed by atoms with Gasteiger partial charge in [-0.15, -0.1) is 0 Å². The van der Waals surface area contributed by atoms with Crippen LogP contribution in [0.5, 0.6) is 0 Å². The lowest BCUT2D eigenvalue weighted by Gasteiger charge is -2.30. The van der Waals surface area contributed by atoms with E-state index in [0.717, 1.165) is 0 Å². The van der Waals surface area contributed by atoms with Crippen molar-refractivity contribution < 1.29 is 18.4 Å². The van der Waals surface area contributed by atoms with E-state index in [1.165, 1.54) is 6.08 Å². The molecule has 0 saturated carbocycles. The molecule has 0 unspecified atom stereocenters. The molecule has 0 saturated heterocycles. The van der Waals surface area contributed by atoms with Gasteiger partial charge in [-0.05, 0) is 32.7 Å². The van der Waals surface area contributed by atoms with E-state index >= 15 is 0 Å². The zero-order chi connectivity index (χ0) is 13.5. The number of nitrogens with one attached hydrogen (secondary N) is 1. The highest BCUT2D eigenvalue weighted by Gasteiger charge is 2.31. The quantitative estimate of drug-likeness (QED) is 0.454. The van der Waals surface area contributed by atoms with Gasteiger partial charge in [-0.3, -0.25) is 0 Å². The molecule has 1 N–H and O–H groups in total. The van der Waals surface area contributed by atoms with E-state index in [1.54, 1.807) is 0 Å². The summed E-state index contributed by atoms with van der Waals surface area (Å²) in [5, 5.41) is 2.31. The van der Waals surface area contributed by atoms with Gasteiger partial charge in [0.1, 0.15) is 12.9 Å². The molecule has 0 bridgehead atoms. The Kier molecular flexibility index (Phi) is 6.32. The largest absolute Gasteiger partial charge is 0.454 e. The van der Waals surface area contributed by atoms with Crippen molar-refractivity contribution in [3.8, 4) is 0 Å². The molecule has 0 aliphatic rings. The highest BCUT2D eigenvalue weighted by Crippen LogP contribution is 2.14. The molecule has 6 nitrogen and oxygen atoms in total. The van der Waals surface area contributed by atoms with E-state index in [2.05, 4.69) is 30.0 Å². The summed E-state index contributed by atoms with van der Waals surface area (Å²) in [6.45, 7) is 10.2. The van der Waals surface area contributed by atoms with Crippen molar-refractivity contribution in [2.75, 3.05) is 12.9 Å². The minimum atomic E-state index is -1.98. The third kappa shape index (κ3) is 9.94. The minimum Gasteiger partial charge on any atom is -0.454 e. The molecule has 0 aromatic rings. The standard InChI is InChI=1S/C9H20N2O4Si2/c1-16(2,3)15-17(4,5)8-14-9(13)11-6-10-7-12/h6,8H2,1-5H3,(H,11,13). The lowest BCUT2D eigenvalue weighted by atomic mass is 11.0. The Balaban J connectivity index is 4.00. The highest BCUT2D eigenvalue weighted by atomic mass is 28.4. The molecule has 8 heteroatoms. The SMILES string of the molecule is C[Si](C)(C)O[Si](C)(C)COC(=O)NCN=C=O. The van der Waals surface area contributed by atoms with Crippen LogP contribution in [0.15, 0.2) is 4.99 Å². The van der Waals surface area contributed by atoms with Crippen molar-refractivity contribution >= 4 is 28.8 Å². The van der Waals surface area contributed by atoms with Crippen molar-refractivity contribution in [3.05, 3.63) is 0 Å². The number of rotatable bonds is 6. The zero-order valence-electron chi connectivity index (χ0n) is 11.0. The van der Waals surface area contributed by atoms with Gasteiger partial charge in [0.05, 0.1) is 0 Å². The van der Waals surface area contributed by atoms with Gasteiger partial charge in [0, 0.05) is 0 Å². The minimum absolute atomic E-state index is 0.112. The second-order valence-electron chi connectivity index (χ2n) is 5.13. The molecule has 0 spiro atoms. The fraction of sp³-hybridized carbons (Fsp3) is 0.778. The number of carbonyl (C=O) groups is 1. The average Bonchev–Trinajstić information content (AvgIpc) is 2.12. The first kappa shape index (κ1) is 16.0. The predicted molar refractivity (Wildman–Crippen MR) is 69.4 cm³/mol. The molecule has 1 amide bonds. The molecule has 98 valence electrons. The number of hydrogen-bond donors (Lipinski definition) is 1.